The van der Waals surface area contributed by atoms with E-state index in [4.69, 9.17) is 0 Å². The summed E-state index contributed by atoms with van der Waals surface area (Å²) in [6.07, 6.45) is 0.449. The van der Waals surface area contributed by atoms with Gasteiger partial charge in [0, 0.05) is 39.7 Å². The number of carbonyl (C=O) groups is 3. The molecule has 4 amide bonds. The maximum atomic E-state index is 12.6. The molecule has 4 N–H and O–H groups in total. The number of para-hydroxylation sites is 1. The standard InChI is InChI=1S/C23H20N4O3S/c28-21-12-13-31-20-11-6-15(14-19(20)27-21)22(29)24-17-7-9-18(10-8-17)26-23(30)25-16-4-2-1-3-5-16/h1-11,14H,12-13H2,(H,24,29)(H,27,28)(H2,25,26,30). The first-order valence-corrected chi connectivity index (χ1v) is 10.7. The molecule has 0 bridgehead atoms. The molecule has 0 fully saturated rings. The molecule has 0 atom stereocenters. The minimum Gasteiger partial charge on any atom is -0.325 e. The molecule has 4 rings (SSSR count). The van der Waals surface area contributed by atoms with Gasteiger partial charge >= 0.3 is 6.03 Å². The molecular formula is C23H20N4O3S. The second-order valence-electron chi connectivity index (χ2n) is 6.83. The molecule has 7 nitrogen and oxygen atoms in total. The summed E-state index contributed by atoms with van der Waals surface area (Å²) in [7, 11) is 0. The quantitative estimate of drug-likeness (QED) is 0.465. The summed E-state index contributed by atoms with van der Waals surface area (Å²) in [5.74, 6) is 0.380. The molecule has 0 spiro atoms. The zero-order valence-corrected chi connectivity index (χ0v) is 17.3. The van der Waals surface area contributed by atoms with E-state index in [1.807, 2.05) is 24.3 Å². The van der Waals surface area contributed by atoms with E-state index in [9.17, 15) is 14.4 Å². The van der Waals surface area contributed by atoms with Crippen molar-refractivity contribution in [2.24, 2.45) is 0 Å². The van der Waals surface area contributed by atoms with Crippen molar-refractivity contribution in [1.29, 1.82) is 0 Å². The average molecular weight is 433 g/mol. The lowest BCUT2D eigenvalue weighted by Gasteiger charge is -2.11. The molecule has 0 aliphatic carbocycles. The number of nitrogens with one attached hydrogen (secondary N) is 4. The van der Waals surface area contributed by atoms with E-state index in [0.717, 1.165) is 4.90 Å². The lowest BCUT2D eigenvalue weighted by Crippen LogP contribution is -2.19. The van der Waals surface area contributed by atoms with Crippen LogP contribution in [0.5, 0.6) is 0 Å². The number of amides is 4. The smallest absolute Gasteiger partial charge is 0.323 e. The molecule has 0 unspecified atom stereocenters. The maximum Gasteiger partial charge on any atom is 0.323 e. The van der Waals surface area contributed by atoms with Gasteiger partial charge in [0.1, 0.15) is 0 Å². The first kappa shape index (κ1) is 20.5. The highest BCUT2D eigenvalue weighted by Crippen LogP contribution is 2.31. The van der Waals surface area contributed by atoms with E-state index >= 15 is 0 Å². The number of fused-ring (bicyclic) bond motifs is 1. The van der Waals surface area contributed by atoms with E-state index in [1.54, 1.807) is 60.3 Å². The Hall–Kier alpha value is -3.78. The van der Waals surface area contributed by atoms with Crippen LogP contribution in [0.1, 0.15) is 16.8 Å². The summed E-state index contributed by atoms with van der Waals surface area (Å²) < 4.78 is 0. The van der Waals surface area contributed by atoms with E-state index < -0.39 is 0 Å². The highest BCUT2D eigenvalue weighted by atomic mass is 32.2. The van der Waals surface area contributed by atoms with Gasteiger partial charge in [-0.2, -0.15) is 0 Å². The fourth-order valence-corrected chi connectivity index (χ4v) is 3.95. The molecule has 8 heteroatoms. The van der Waals surface area contributed by atoms with Crippen LogP contribution in [0.15, 0.2) is 77.7 Å². The van der Waals surface area contributed by atoms with Crippen molar-refractivity contribution in [1.82, 2.24) is 0 Å². The Morgan fingerprint density at radius 2 is 1.45 bits per heavy atom. The Balaban J connectivity index is 1.37. The van der Waals surface area contributed by atoms with Crippen molar-refractivity contribution in [2.75, 3.05) is 27.0 Å². The predicted molar refractivity (Wildman–Crippen MR) is 124 cm³/mol. The monoisotopic (exact) mass is 432 g/mol. The molecule has 0 radical (unpaired) electrons. The first-order valence-electron chi connectivity index (χ1n) is 9.68. The number of carbonyl (C=O) groups excluding carboxylic acids is 3. The number of hydrogen-bond acceptors (Lipinski definition) is 4. The largest absolute Gasteiger partial charge is 0.325 e. The number of benzene rings is 3. The first-order chi connectivity index (χ1) is 15.1. The van der Waals surface area contributed by atoms with Crippen molar-refractivity contribution in [3.8, 4) is 0 Å². The molecule has 156 valence electrons. The van der Waals surface area contributed by atoms with E-state index in [-0.39, 0.29) is 17.8 Å². The number of thioether (sulfide) groups is 1. The molecule has 1 heterocycles. The summed E-state index contributed by atoms with van der Waals surface area (Å²) in [6.45, 7) is 0. The molecule has 3 aromatic carbocycles. The molecule has 31 heavy (non-hydrogen) atoms. The zero-order chi connectivity index (χ0) is 21.6. The molecular weight excluding hydrogens is 412 g/mol. The summed E-state index contributed by atoms with van der Waals surface area (Å²) in [5, 5.41) is 11.1. The van der Waals surface area contributed by atoms with Crippen LogP contribution in [0.25, 0.3) is 0 Å². The Labute approximate surface area is 183 Å². The maximum absolute atomic E-state index is 12.6. The van der Waals surface area contributed by atoms with Gasteiger partial charge in [0.05, 0.1) is 5.69 Å². The van der Waals surface area contributed by atoms with Gasteiger partial charge in [-0.15, -0.1) is 11.8 Å². The van der Waals surface area contributed by atoms with Crippen LogP contribution >= 0.6 is 11.8 Å². The van der Waals surface area contributed by atoms with Crippen molar-refractivity contribution < 1.29 is 14.4 Å². The SMILES string of the molecule is O=C1CCSc2ccc(C(=O)Nc3ccc(NC(=O)Nc4ccccc4)cc3)cc2N1. The Morgan fingerprint density at radius 1 is 0.806 bits per heavy atom. The number of urea groups is 1. The van der Waals surface area contributed by atoms with Crippen LogP contribution in [0, 0.1) is 0 Å². The number of anilines is 4. The second-order valence-corrected chi connectivity index (χ2v) is 7.97. The van der Waals surface area contributed by atoms with E-state index in [1.165, 1.54) is 0 Å². The minimum atomic E-state index is -0.354. The van der Waals surface area contributed by atoms with Crippen molar-refractivity contribution >= 4 is 52.4 Å². The van der Waals surface area contributed by atoms with Crippen LogP contribution in [0.4, 0.5) is 27.5 Å². The molecule has 1 aliphatic rings. The molecule has 1 aliphatic heterocycles. The average Bonchev–Trinajstić information content (AvgIpc) is 2.95. The highest BCUT2D eigenvalue weighted by molar-refractivity contribution is 7.99. The second kappa shape index (κ2) is 9.36. The minimum absolute atomic E-state index is 0.0526. The van der Waals surface area contributed by atoms with Gasteiger partial charge in [0.25, 0.3) is 5.91 Å². The Kier molecular flexibility index (Phi) is 6.18. The van der Waals surface area contributed by atoms with E-state index in [2.05, 4.69) is 21.3 Å². The van der Waals surface area contributed by atoms with Gasteiger partial charge in [-0.1, -0.05) is 18.2 Å². The zero-order valence-electron chi connectivity index (χ0n) is 16.5. The summed E-state index contributed by atoms with van der Waals surface area (Å²) in [6, 6.07) is 20.9. The molecule has 0 aromatic heterocycles. The van der Waals surface area contributed by atoms with Crippen molar-refractivity contribution in [3.05, 3.63) is 78.4 Å². The van der Waals surface area contributed by atoms with Gasteiger partial charge in [-0.3, -0.25) is 9.59 Å². The molecule has 0 saturated carbocycles. The van der Waals surface area contributed by atoms with Crippen LogP contribution < -0.4 is 21.3 Å². The fourth-order valence-electron chi connectivity index (χ4n) is 3.02. The van der Waals surface area contributed by atoms with Crippen molar-refractivity contribution in [2.45, 2.75) is 11.3 Å². The predicted octanol–water partition coefficient (Wildman–Crippen LogP) is 5.02. The van der Waals surface area contributed by atoms with Gasteiger partial charge in [-0.25, -0.2) is 4.79 Å². The third kappa shape index (κ3) is 5.43. The molecule has 0 saturated heterocycles. The van der Waals surface area contributed by atoms with Crippen molar-refractivity contribution in [3.63, 3.8) is 0 Å². The van der Waals surface area contributed by atoms with Crippen LogP contribution in [-0.2, 0) is 4.79 Å². The fraction of sp³-hybridized carbons (Fsp3) is 0.0870. The van der Waals surface area contributed by atoms with Gasteiger partial charge < -0.3 is 21.3 Å². The van der Waals surface area contributed by atoms with Crippen LogP contribution in [-0.4, -0.2) is 23.6 Å². The summed E-state index contributed by atoms with van der Waals surface area (Å²) in [4.78, 5) is 37.4. The molecule has 3 aromatic rings. The van der Waals surface area contributed by atoms with Gasteiger partial charge in [-0.05, 0) is 54.6 Å². The van der Waals surface area contributed by atoms with Gasteiger partial charge in [0.2, 0.25) is 5.91 Å². The topological polar surface area (TPSA) is 99.3 Å². The van der Waals surface area contributed by atoms with Crippen LogP contribution in [0.3, 0.4) is 0 Å². The lowest BCUT2D eigenvalue weighted by molar-refractivity contribution is -0.115. The van der Waals surface area contributed by atoms with E-state index in [0.29, 0.717) is 40.5 Å². The third-order valence-electron chi connectivity index (χ3n) is 4.53. The number of rotatable bonds is 4. The highest BCUT2D eigenvalue weighted by Gasteiger charge is 2.16. The Morgan fingerprint density at radius 3 is 2.16 bits per heavy atom. The third-order valence-corrected chi connectivity index (χ3v) is 5.61. The normalized spacial score (nSPS) is 12.7. The Bertz CT molecular complexity index is 1120. The summed E-state index contributed by atoms with van der Waals surface area (Å²) >= 11 is 1.59. The lowest BCUT2D eigenvalue weighted by atomic mass is 10.1. The van der Waals surface area contributed by atoms with Gasteiger partial charge in [0.15, 0.2) is 0 Å². The number of hydrogen-bond donors (Lipinski definition) is 4. The van der Waals surface area contributed by atoms with Crippen LogP contribution in [0.2, 0.25) is 0 Å². The summed E-state index contributed by atoms with van der Waals surface area (Å²) in [5.41, 5.74) is 2.98.